The summed E-state index contributed by atoms with van der Waals surface area (Å²) in [6.45, 7) is 12.0. The molecule has 0 aliphatic heterocycles. The van der Waals surface area contributed by atoms with Crippen LogP contribution in [0.1, 0.15) is 27.2 Å². The number of anilines is 2. The molecule has 0 aliphatic rings. The Kier molecular flexibility index (Phi) is 5.44. The van der Waals surface area contributed by atoms with Crippen molar-refractivity contribution >= 4 is 22.3 Å². The molecule has 0 amide bonds. The zero-order valence-corrected chi connectivity index (χ0v) is 13.4. The number of nitrogens with one attached hydrogen (secondary N) is 1. The smallest absolute Gasteiger partial charge is 0.0672 e. The molecule has 0 atom stereocenters. The Hall–Kier alpha value is -1.75. The Morgan fingerprint density at radius 2 is 1.86 bits per heavy atom. The zero-order valence-electron chi connectivity index (χ0n) is 13.4. The third-order valence-electron chi connectivity index (χ3n) is 4.11. The Morgan fingerprint density at radius 3 is 2.52 bits per heavy atom. The Bertz CT molecular complexity index is 559. The molecule has 5 nitrogen and oxygen atoms in total. The predicted molar refractivity (Wildman–Crippen MR) is 90.8 cm³/mol. The van der Waals surface area contributed by atoms with Crippen LogP contribution in [0.15, 0.2) is 18.3 Å². The third-order valence-corrected chi connectivity index (χ3v) is 4.11. The molecule has 0 radical (unpaired) electrons. The SMILES string of the molecule is CCN(CC)CCCN(CC)c1cc2[nH]ncc2cc1N. The predicted octanol–water partition coefficient (Wildman–Crippen LogP) is 2.70. The van der Waals surface area contributed by atoms with Crippen LogP contribution in [0, 0.1) is 0 Å². The first-order chi connectivity index (χ1) is 10.2. The molecular formula is C16H27N5. The first-order valence-electron chi connectivity index (χ1n) is 7.89. The Balaban J connectivity index is 2.06. The number of hydrogen-bond donors (Lipinski definition) is 2. The van der Waals surface area contributed by atoms with Crippen molar-refractivity contribution in [2.75, 3.05) is 43.4 Å². The number of aromatic amines is 1. The van der Waals surface area contributed by atoms with Crippen molar-refractivity contribution in [1.29, 1.82) is 0 Å². The second kappa shape index (κ2) is 7.31. The minimum absolute atomic E-state index is 0.827. The molecule has 0 bridgehead atoms. The lowest BCUT2D eigenvalue weighted by atomic mass is 10.2. The van der Waals surface area contributed by atoms with E-state index in [1.807, 2.05) is 12.3 Å². The van der Waals surface area contributed by atoms with Crippen LogP contribution in [-0.2, 0) is 0 Å². The van der Waals surface area contributed by atoms with E-state index < -0.39 is 0 Å². The summed E-state index contributed by atoms with van der Waals surface area (Å²) >= 11 is 0. The topological polar surface area (TPSA) is 61.2 Å². The summed E-state index contributed by atoms with van der Waals surface area (Å²) in [5, 5.41) is 8.15. The van der Waals surface area contributed by atoms with E-state index >= 15 is 0 Å². The molecular weight excluding hydrogens is 262 g/mol. The number of fused-ring (bicyclic) bond motifs is 1. The normalized spacial score (nSPS) is 11.4. The van der Waals surface area contributed by atoms with Gasteiger partial charge >= 0.3 is 0 Å². The van der Waals surface area contributed by atoms with Crippen LogP contribution in [0.4, 0.5) is 11.4 Å². The molecule has 0 spiro atoms. The summed E-state index contributed by atoms with van der Waals surface area (Å²) in [4.78, 5) is 4.80. The summed E-state index contributed by atoms with van der Waals surface area (Å²) in [7, 11) is 0. The van der Waals surface area contributed by atoms with Crippen molar-refractivity contribution < 1.29 is 0 Å². The van der Waals surface area contributed by atoms with Gasteiger partial charge in [-0.1, -0.05) is 13.8 Å². The summed E-state index contributed by atoms with van der Waals surface area (Å²) in [6.07, 6.45) is 2.96. The molecule has 1 aromatic heterocycles. The van der Waals surface area contributed by atoms with Crippen molar-refractivity contribution in [2.45, 2.75) is 27.2 Å². The van der Waals surface area contributed by atoms with E-state index in [1.165, 1.54) is 0 Å². The van der Waals surface area contributed by atoms with Crippen LogP contribution in [0.3, 0.4) is 0 Å². The van der Waals surface area contributed by atoms with Gasteiger partial charge in [-0.05, 0) is 45.1 Å². The number of benzene rings is 1. The van der Waals surface area contributed by atoms with Gasteiger partial charge in [-0.25, -0.2) is 0 Å². The van der Waals surface area contributed by atoms with E-state index in [-0.39, 0.29) is 0 Å². The molecule has 0 fully saturated rings. The second-order valence-electron chi connectivity index (χ2n) is 5.33. The fourth-order valence-corrected chi connectivity index (χ4v) is 2.75. The minimum atomic E-state index is 0.827. The molecule has 0 unspecified atom stereocenters. The number of rotatable bonds is 8. The average molecular weight is 289 g/mol. The van der Waals surface area contributed by atoms with Gasteiger partial charge in [-0.3, -0.25) is 5.10 Å². The molecule has 0 saturated carbocycles. The van der Waals surface area contributed by atoms with E-state index in [0.717, 1.165) is 61.4 Å². The summed E-state index contributed by atoms with van der Waals surface area (Å²) < 4.78 is 0. The van der Waals surface area contributed by atoms with Crippen LogP contribution in [0.25, 0.3) is 10.9 Å². The van der Waals surface area contributed by atoms with E-state index in [2.05, 4.69) is 46.8 Å². The fraction of sp³-hybridized carbons (Fsp3) is 0.562. The Morgan fingerprint density at radius 1 is 1.10 bits per heavy atom. The molecule has 116 valence electrons. The fourth-order valence-electron chi connectivity index (χ4n) is 2.75. The molecule has 0 aliphatic carbocycles. The summed E-state index contributed by atoms with van der Waals surface area (Å²) in [5.74, 6) is 0. The number of H-pyrrole nitrogens is 1. The standard InChI is InChI=1S/C16H27N5/c1-4-20(5-2)8-7-9-21(6-3)16-11-15-13(10-14(16)17)12-18-19-15/h10-12H,4-9,17H2,1-3H3,(H,18,19). The van der Waals surface area contributed by atoms with E-state index in [4.69, 9.17) is 5.73 Å². The number of hydrogen-bond acceptors (Lipinski definition) is 4. The highest BCUT2D eigenvalue weighted by Crippen LogP contribution is 2.28. The van der Waals surface area contributed by atoms with Gasteiger partial charge in [0, 0.05) is 18.5 Å². The third kappa shape index (κ3) is 3.67. The van der Waals surface area contributed by atoms with E-state index in [1.54, 1.807) is 0 Å². The number of nitrogens with zero attached hydrogens (tertiary/aromatic N) is 3. The lowest BCUT2D eigenvalue weighted by Gasteiger charge is -2.26. The summed E-state index contributed by atoms with van der Waals surface area (Å²) in [6, 6.07) is 4.11. The van der Waals surface area contributed by atoms with Crippen LogP contribution < -0.4 is 10.6 Å². The van der Waals surface area contributed by atoms with Gasteiger partial charge in [-0.2, -0.15) is 5.10 Å². The highest BCUT2D eigenvalue weighted by atomic mass is 15.2. The van der Waals surface area contributed by atoms with Gasteiger partial charge in [0.05, 0.1) is 23.1 Å². The quantitative estimate of drug-likeness (QED) is 0.734. The number of nitrogens with two attached hydrogens (primary N) is 1. The molecule has 3 N–H and O–H groups in total. The zero-order chi connectivity index (χ0) is 15.2. The lowest BCUT2D eigenvalue weighted by molar-refractivity contribution is 0.301. The van der Waals surface area contributed by atoms with Crippen LogP contribution in [0.2, 0.25) is 0 Å². The number of aromatic nitrogens is 2. The highest BCUT2D eigenvalue weighted by Gasteiger charge is 2.11. The van der Waals surface area contributed by atoms with Gasteiger partial charge in [0.2, 0.25) is 0 Å². The maximum atomic E-state index is 6.21. The molecule has 21 heavy (non-hydrogen) atoms. The van der Waals surface area contributed by atoms with Gasteiger partial charge in [-0.15, -0.1) is 0 Å². The number of nitrogen functional groups attached to an aromatic ring is 1. The van der Waals surface area contributed by atoms with Gasteiger partial charge in [0.25, 0.3) is 0 Å². The van der Waals surface area contributed by atoms with E-state index in [0.29, 0.717) is 0 Å². The van der Waals surface area contributed by atoms with E-state index in [9.17, 15) is 0 Å². The van der Waals surface area contributed by atoms with Gasteiger partial charge in [0.15, 0.2) is 0 Å². The lowest BCUT2D eigenvalue weighted by Crippen LogP contribution is -2.30. The monoisotopic (exact) mass is 289 g/mol. The second-order valence-corrected chi connectivity index (χ2v) is 5.33. The van der Waals surface area contributed by atoms with Crippen molar-refractivity contribution in [2.24, 2.45) is 0 Å². The maximum Gasteiger partial charge on any atom is 0.0672 e. The first-order valence-corrected chi connectivity index (χ1v) is 7.89. The molecule has 0 saturated heterocycles. The Labute approximate surface area is 127 Å². The van der Waals surface area contributed by atoms with Crippen molar-refractivity contribution in [3.8, 4) is 0 Å². The molecule has 1 heterocycles. The van der Waals surface area contributed by atoms with Crippen molar-refractivity contribution in [3.05, 3.63) is 18.3 Å². The molecule has 2 aromatic rings. The van der Waals surface area contributed by atoms with Crippen LogP contribution >= 0.6 is 0 Å². The van der Waals surface area contributed by atoms with Gasteiger partial charge in [0.1, 0.15) is 0 Å². The van der Waals surface area contributed by atoms with Crippen molar-refractivity contribution in [3.63, 3.8) is 0 Å². The molecule has 5 heteroatoms. The maximum absolute atomic E-state index is 6.21. The van der Waals surface area contributed by atoms with Crippen LogP contribution in [-0.4, -0.2) is 47.8 Å². The summed E-state index contributed by atoms with van der Waals surface area (Å²) in [5.41, 5.74) is 9.19. The van der Waals surface area contributed by atoms with Gasteiger partial charge < -0.3 is 15.5 Å². The molecule has 2 rings (SSSR count). The molecule has 1 aromatic carbocycles. The average Bonchev–Trinajstić information content (AvgIpc) is 2.94. The largest absolute Gasteiger partial charge is 0.397 e. The minimum Gasteiger partial charge on any atom is -0.397 e. The van der Waals surface area contributed by atoms with Crippen LogP contribution in [0.5, 0.6) is 0 Å². The highest BCUT2D eigenvalue weighted by molar-refractivity contribution is 5.88. The van der Waals surface area contributed by atoms with Crippen molar-refractivity contribution in [1.82, 2.24) is 15.1 Å². The first kappa shape index (κ1) is 15.6.